The molecule has 1 N–H and O–H groups in total. The lowest BCUT2D eigenvalue weighted by atomic mass is 10.0. The molecule has 6 nitrogen and oxygen atoms in total. The van der Waals surface area contributed by atoms with Crippen molar-refractivity contribution in [3.8, 4) is 0 Å². The summed E-state index contributed by atoms with van der Waals surface area (Å²) in [6, 6.07) is 17.4. The van der Waals surface area contributed by atoms with E-state index in [-0.39, 0.29) is 17.9 Å². The molecule has 2 aromatic carbocycles. The van der Waals surface area contributed by atoms with Gasteiger partial charge in [0.25, 0.3) is 11.8 Å². The van der Waals surface area contributed by atoms with E-state index in [1.54, 1.807) is 0 Å². The number of rotatable bonds is 4. The van der Waals surface area contributed by atoms with Crippen LogP contribution < -0.4 is 5.32 Å². The second-order valence-corrected chi connectivity index (χ2v) is 7.59. The van der Waals surface area contributed by atoms with Gasteiger partial charge in [-0.05, 0) is 37.0 Å². The lowest BCUT2D eigenvalue weighted by Gasteiger charge is -2.33. The smallest absolute Gasteiger partial charge is 0.266 e. The highest BCUT2D eigenvalue weighted by Crippen LogP contribution is 2.21. The summed E-state index contributed by atoms with van der Waals surface area (Å²) < 4.78 is 0. The van der Waals surface area contributed by atoms with Gasteiger partial charge in [-0.25, -0.2) is 0 Å². The third-order valence-corrected chi connectivity index (χ3v) is 5.58. The number of aryl methyl sites for hydroxylation is 1. The van der Waals surface area contributed by atoms with Crippen LogP contribution in [0.3, 0.4) is 0 Å². The molecule has 0 spiro atoms. The van der Waals surface area contributed by atoms with Crippen molar-refractivity contribution in [3.63, 3.8) is 0 Å². The normalized spacial score (nSPS) is 19.4. The van der Waals surface area contributed by atoms with Crippen LogP contribution in [-0.4, -0.2) is 47.7 Å². The fourth-order valence-electron chi connectivity index (χ4n) is 3.85. The summed E-state index contributed by atoms with van der Waals surface area (Å²) >= 11 is 0. The molecule has 0 bridgehead atoms. The van der Waals surface area contributed by atoms with Crippen molar-refractivity contribution in [2.24, 2.45) is 5.16 Å². The third-order valence-electron chi connectivity index (χ3n) is 5.58. The van der Waals surface area contributed by atoms with E-state index in [1.165, 1.54) is 0 Å². The zero-order chi connectivity index (χ0) is 20.2. The third kappa shape index (κ3) is 4.31. The van der Waals surface area contributed by atoms with Crippen LogP contribution in [0, 0.1) is 6.92 Å². The second-order valence-electron chi connectivity index (χ2n) is 7.59. The predicted molar refractivity (Wildman–Crippen MR) is 111 cm³/mol. The van der Waals surface area contributed by atoms with Gasteiger partial charge in [0.15, 0.2) is 0 Å². The minimum absolute atomic E-state index is 0.0247. The van der Waals surface area contributed by atoms with E-state index in [0.717, 1.165) is 29.7 Å². The van der Waals surface area contributed by atoms with E-state index in [1.807, 2.05) is 66.4 Å². The van der Waals surface area contributed by atoms with E-state index < -0.39 is 6.10 Å². The van der Waals surface area contributed by atoms with Gasteiger partial charge in [-0.2, -0.15) is 0 Å². The van der Waals surface area contributed by atoms with Crippen LogP contribution in [0.4, 0.5) is 0 Å². The Morgan fingerprint density at radius 3 is 2.45 bits per heavy atom. The number of benzene rings is 2. The van der Waals surface area contributed by atoms with Crippen LogP contribution in [0.1, 0.15) is 40.7 Å². The number of carbonyl (C=O) groups excluding carboxylic acids is 2. The maximum absolute atomic E-state index is 12.8. The molecule has 6 heteroatoms. The number of carbonyl (C=O) groups is 2. The molecule has 1 fully saturated rings. The van der Waals surface area contributed by atoms with Gasteiger partial charge in [-0.3, -0.25) is 9.59 Å². The molecule has 4 rings (SSSR count). The molecule has 1 atom stereocenters. The summed E-state index contributed by atoms with van der Waals surface area (Å²) in [4.78, 5) is 32.6. The molecule has 2 heterocycles. The van der Waals surface area contributed by atoms with Crippen LogP contribution in [0.15, 0.2) is 59.8 Å². The molecular weight excluding hydrogens is 366 g/mol. The van der Waals surface area contributed by atoms with Gasteiger partial charge in [0.1, 0.15) is 0 Å². The van der Waals surface area contributed by atoms with Crippen LogP contribution >= 0.6 is 0 Å². The Morgan fingerprint density at radius 1 is 1.03 bits per heavy atom. The quantitative estimate of drug-likeness (QED) is 0.871. The van der Waals surface area contributed by atoms with E-state index in [4.69, 9.17) is 4.84 Å². The first-order chi connectivity index (χ1) is 14.1. The maximum Gasteiger partial charge on any atom is 0.266 e. The number of nitrogens with zero attached hydrogens (tertiary/aromatic N) is 2. The van der Waals surface area contributed by atoms with Gasteiger partial charge in [0.2, 0.25) is 6.10 Å². The lowest BCUT2D eigenvalue weighted by Crippen LogP contribution is -2.49. The average molecular weight is 391 g/mol. The second kappa shape index (κ2) is 8.47. The van der Waals surface area contributed by atoms with Crippen molar-refractivity contribution in [2.45, 2.75) is 38.3 Å². The molecule has 2 amide bonds. The molecule has 1 saturated heterocycles. The Hall–Kier alpha value is -3.15. The Balaban J connectivity index is 1.27. The van der Waals surface area contributed by atoms with Gasteiger partial charge >= 0.3 is 0 Å². The lowest BCUT2D eigenvalue weighted by molar-refractivity contribution is -0.143. The standard InChI is InChI=1S/C23H25N3O3/c1-16-7-5-6-10-19(16)22(27)24-18-11-13-26(14-12-18)23(28)21-15-20(25-29-21)17-8-3-2-4-9-17/h2-10,18,21H,11-15H2,1H3,(H,24,27). The number of piperidine rings is 1. The number of amides is 2. The minimum Gasteiger partial charge on any atom is -0.382 e. The molecule has 2 aromatic rings. The van der Waals surface area contributed by atoms with E-state index in [2.05, 4.69) is 10.5 Å². The molecule has 0 aromatic heterocycles. The van der Waals surface area contributed by atoms with Gasteiger partial charge in [0, 0.05) is 31.1 Å². The molecule has 0 saturated carbocycles. The number of likely N-dealkylation sites (tertiary alicyclic amines) is 1. The maximum atomic E-state index is 12.8. The first kappa shape index (κ1) is 19.2. The Morgan fingerprint density at radius 2 is 1.72 bits per heavy atom. The molecule has 2 aliphatic heterocycles. The van der Waals surface area contributed by atoms with Crippen molar-refractivity contribution >= 4 is 17.5 Å². The van der Waals surface area contributed by atoms with Gasteiger partial charge < -0.3 is 15.1 Å². The van der Waals surface area contributed by atoms with Crippen LogP contribution in [-0.2, 0) is 9.63 Å². The number of nitrogens with one attached hydrogen (secondary N) is 1. The fourth-order valence-corrected chi connectivity index (χ4v) is 3.85. The number of oxime groups is 1. The van der Waals surface area contributed by atoms with Gasteiger partial charge in [-0.1, -0.05) is 53.7 Å². The summed E-state index contributed by atoms with van der Waals surface area (Å²) in [6.45, 7) is 3.15. The first-order valence-corrected chi connectivity index (χ1v) is 10.0. The van der Waals surface area contributed by atoms with Crippen LogP contribution in [0.25, 0.3) is 0 Å². The summed E-state index contributed by atoms with van der Waals surface area (Å²) in [5, 5.41) is 7.21. The zero-order valence-electron chi connectivity index (χ0n) is 16.5. The first-order valence-electron chi connectivity index (χ1n) is 10.0. The Bertz CT molecular complexity index is 918. The van der Waals surface area contributed by atoms with Crippen LogP contribution in [0.5, 0.6) is 0 Å². The number of hydrogen-bond donors (Lipinski definition) is 1. The molecule has 0 radical (unpaired) electrons. The predicted octanol–water partition coefficient (Wildman–Crippen LogP) is 2.91. The van der Waals surface area contributed by atoms with Crippen molar-refractivity contribution in [3.05, 3.63) is 71.3 Å². The summed E-state index contributed by atoms with van der Waals surface area (Å²) in [7, 11) is 0. The van der Waals surface area contributed by atoms with Crippen molar-refractivity contribution in [1.82, 2.24) is 10.2 Å². The van der Waals surface area contributed by atoms with Crippen molar-refractivity contribution in [1.29, 1.82) is 0 Å². The SMILES string of the molecule is Cc1ccccc1C(=O)NC1CCN(C(=O)C2CC(c3ccccc3)=NO2)CC1. The van der Waals surface area contributed by atoms with E-state index in [9.17, 15) is 9.59 Å². The highest BCUT2D eigenvalue weighted by atomic mass is 16.6. The van der Waals surface area contributed by atoms with Crippen molar-refractivity contribution < 1.29 is 14.4 Å². The Kier molecular flexibility index (Phi) is 5.60. The average Bonchev–Trinajstić information content (AvgIpc) is 3.25. The van der Waals surface area contributed by atoms with Gasteiger partial charge in [-0.15, -0.1) is 0 Å². The topological polar surface area (TPSA) is 71.0 Å². The molecule has 0 aliphatic carbocycles. The highest BCUT2D eigenvalue weighted by Gasteiger charge is 2.34. The molecular formula is C23H25N3O3. The van der Waals surface area contributed by atoms with E-state index >= 15 is 0 Å². The zero-order valence-corrected chi connectivity index (χ0v) is 16.5. The number of hydrogen-bond acceptors (Lipinski definition) is 4. The minimum atomic E-state index is -0.552. The highest BCUT2D eigenvalue weighted by molar-refractivity contribution is 6.04. The largest absolute Gasteiger partial charge is 0.382 e. The summed E-state index contributed by atoms with van der Waals surface area (Å²) in [6.07, 6.45) is 1.42. The fraction of sp³-hybridized carbons (Fsp3) is 0.348. The molecule has 150 valence electrons. The molecule has 1 unspecified atom stereocenters. The van der Waals surface area contributed by atoms with Crippen LogP contribution in [0.2, 0.25) is 0 Å². The summed E-state index contributed by atoms with van der Waals surface area (Å²) in [5.41, 5.74) is 3.46. The Labute approximate surface area is 170 Å². The van der Waals surface area contributed by atoms with Crippen molar-refractivity contribution in [2.75, 3.05) is 13.1 Å². The summed E-state index contributed by atoms with van der Waals surface area (Å²) in [5.74, 6) is -0.0729. The monoisotopic (exact) mass is 391 g/mol. The van der Waals surface area contributed by atoms with Gasteiger partial charge in [0.05, 0.1) is 5.71 Å². The molecule has 2 aliphatic rings. The molecule has 29 heavy (non-hydrogen) atoms. The van der Waals surface area contributed by atoms with E-state index in [0.29, 0.717) is 25.1 Å².